The summed E-state index contributed by atoms with van der Waals surface area (Å²) in [4.78, 5) is 7.86. The maximum absolute atomic E-state index is 11.4. The summed E-state index contributed by atoms with van der Waals surface area (Å²) in [6.45, 7) is 0. The summed E-state index contributed by atoms with van der Waals surface area (Å²) in [5, 5.41) is 4.36. The van der Waals surface area contributed by atoms with Gasteiger partial charge < -0.3 is 5.73 Å². The molecule has 7 nitrogen and oxygen atoms in total. The van der Waals surface area contributed by atoms with E-state index in [1.54, 1.807) is 0 Å². The van der Waals surface area contributed by atoms with Gasteiger partial charge in [0.2, 0.25) is 0 Å². The number of imidazole rings is 1. The molecule has 0 spiro atoms. The molecule has 10 heteroatoms. The van der Waals surface area contributed by atoms with Crippen molar-refractivity contribution < 1.29 is 8.42 Å². The number of aromatic nitrogens is 4. The van der Waals surface area contributed by atoms with E-state index in [1.807, 2.05) is 0 Å². The number of anilines is 1. The van der Waals surface area contributed by atoms with E-state index in [9.17, 15) is 8.42 Å². The van der Waals surface area contributed by atoms with E-state index in [0.717, 1.165) is 0 Å². The zero-order chi connectivity index (χ0) is 15.2. The summed E-state index contributed by atoms with van der Waals surface area (Å²) < 4.78 is 24.3. The Morgan fingerprint density at radius 3 is 2.71 bits per heavy atom. The molecule has 1 aromatic carbocycles. The molecule has 2 heterocycles. The monoisotopic (exact) mass is 343 g/mol. The lowest BCUT2D eigenvalue weighted by Gasteiger charge is -2.05. The van der Waals surface area contributed by atoms with Gasteiger partial charge in [0.1, 0.15) is 6.33 Å². The maximum Gasteiger partial charge on any atom is 0.261 e. The van der Waals surface area contributed by atoms with E-state index in [1.165, 1.54) is 35.2 Å². The second-order valence-electron chi connectivity index (χ2n) is 4.10. The summed E-state index contributed by atoms with van der Waals surface area (Å²) in [5.74, 6) is 0.202. The number of hydrogen-bond donors (Lipinski definition) is 1. The van der Waals surface area contributed by atoms with Crippen molar-refractivity contribution in [1.82, 2.24) is 19.6 Å². The molecule has 21 heavy (non-hydrogen) atoms. The first-order valence-corrected chi connectivity index (χ1v) is 8.25. The first-order valence-electron chi connectivity index (χ1n) is 5.57. The van der Waals surface area contributed by atoms with Gasteiger partial charge in [0, 0.05) is 16.2 Å². The van der Waals surface area contributed by atoms with E-state index >= 15 is 0 Å². The SMILES string of the molecule is Nc1ncnn2c(-c3cc(S(=O)(=O)Cl)ccc3Cl)cnc12. The van der Waals surface area contributed by atoms with Gasteiger partial charge in [-0.05, 0) is 18.2 Å². The smallest absolute Gasteiger partial charge is 0.261 e. The second kappa shape index (κ2) is 4.83. The lowest BCUT2D eigenvalue weighted by atomic mass is 10.2. The first-order chi connectivity index (χ1) is 9.88. The van der Waals surface area contributed by atoms with Crippen molar-refractivity contribution in [1.29, 1.82) is 0 Å². The van der Waals surface area contributed by atoms with Gasteiger partial charge in [0.05, 0.1) is 21.8 Å². The van der Waals surface area contributed by atoms with Gasteiger partial charge in [-0.15, -0.1) is 0 Å². The van der Waals surface area contributed by atoms with Crippen LogP contribution in [-0.4, -0.2) is 28.0 Å². The molecule has 0 atom stereocenters. The van der Waals surface area contributed by atoms with Crippen LogP contribution in [0, 0.1) is 0 Å². The molecule has 0 aliphatic heterocycles. The Morgan fingerprint density at radius 1 is 1.24 bits per heavy atom. The molecule has 0 radical (unpaired) electrons. The highest BCUT2D eigenvalue weighted by Crippen LogP contribution is 2.31. The quantitative estimate of drug-likeness (QED) is 0.713. The summed E-state index contributed by atoms with van der Waals surface area (Å²) in [6, 6.07) is 4.11. The Labute approximate surface area is 128 Å². The van der Waals surface area contributed by atoms with Crippen LogP contribution in [0.1, 0.15) is 0 Å². The standard InChI is InChI=1S/C11H7Cl2N5O2S/c12-8-2-1-6(21(13,19)20)3-7(8)9-4-15-11-10(14)16-5-17-18(9)11/h1-5H,(H2,14,16,17). The molecule has 3 aromatic rings. The minimum absolute atomic E-state index is 0.0689. The topological polar surface area (TPSA) is 103 Å². The van der Waals surface area contributed by atoms with Crippen molar-refractivity contribution >= 4 is 42.8 Å². The molecule has 108 valence electrons. The number of hydrogen-bond acceptors (Lipinski definition) is 6. The van der Waals surface area contributed by atoms with Crippen LogP contribution in [0.5, 0.6) is 0 Å². The van der Waals surface area contributed by atoms with Crippen molar-refractivity contribution in [2.45, 2.75) is 4.90 Å². The highest BCUT2D eigenvalue weighted by molar-refractivity contribution is 8.13. The van der Waals surface area contributed by atoms with Gasteiger partial charge in [-0.1, -0.05) is 11.6 Å². The van der Waals surface area contributed by atoms with Crippen LogP contribution in [0.4, 0.5) is 5.82 Å². The van der Waals surface area contributed by atoms with Crippen LogP contribution < -0.4 is 5.73 Å². The van der Waals surface area contributed by atoms with Crippen molar-refractivity contribution in [3.63, 3.8) is 0 Å². The molecule has 0 amide bonds. The zero-order valence-electron chi connectivity index (χ0n) is 10.2. The molecule has 0 saturated heterocycles. The maximum atomic E-state index is 11.4. The van der Waals surface area contributed by atoms with Crippen molar-refractivity contribution in [2.24, 2.45) is 0 Å². The van der Waals surface area contributed by atoms with Gasteiger partial charge in [0.15, 0.2) is 11.5 Å². The first kappa shape index (κ1) is 14.1. The molecule has 0 unspecified atom stereocenters. The average Bonchev–Trinajstić information content (AvgIpc) is 2.83. The normalized spacial score (nSPS) is 11.9. The Morgan fingerprint density at radius 2 is 2.00 bits per heavy atom. The third-order valence-electron chi connectivity index (χ3n) is 2.83. The minimum Gasteiger partial charge on any atom is -0.381 e. The van der Waals surface area contributed by atoms with Crippen LogP contribution >= 0.6 is 22.3 Å². The van der Waals surface area contributed by atoms with E-state index in [-0.39, 0.29) is 10.7 Å². The molecular weight excluding hydrogens is 337 g/mol. The number of nitrogens with zero attached hydrogens (tertiary/aromatic N) is 4. The summed E-state index contributed by atoms with van der Waals surface area (Å²) in [7, 11) is 1.48. The Hall–Kier alpha value is -1.90. The fourth-order valence-corrected chi connectivity index (χ4v) is 2.86. The van der Waals surface area contributed by atoms with Gasteiger partial charge in [-0.25, -0.2) is 22.9 Å². The van der Waals surface area contributed by atoms with Crippen molar-refractivity contribution in [3.8, 4) is 11.3 Å². The fraction of sp³-hybridized carbons (Fsp3) is 0. The lowest BCUT2D eigenvalue weighted by molar-refractivity contribution is 0.609. The fourth-order valence-electron chi connectivity index (χ4n) is 1.87. The number of benzene rings is 1. The van der Waals surface area contributed by atoms with Gasteiger partial charge in [0.25, 0.3) is 9.05 Å². The average molecular weight is 344 g/mol. The van der Waals surface area contributed by atoms with Crippen LogP contribution in [0.15, 0.2) is 35.6 Å². The number of fused-ring (bicyclic) bond motifs is 1. The molecule has 0 aliphatic rings. The highest BCUT2D eigenvalue weighted by atomic mass is 35.7. The summed E-state index contributed by atoms with van der Waals surface area (Å²) >= 11 is 6.12. The minimum atomic E-state index is -3.87. The number of rotatable bonds is 2. The van der Waals surface area contributed by atoms with E-state index in [2.05, 4.69) is 15.1 Å². The summed E-state index contributed by atoms with van der Waals surface area (Å²) in [5.41, 5.74) is 6.95. The number of nitrogen functional groups attached to an aromatic ring is 1. The molecular formula is C11H7Cl2N5O2S. The molecule has 2 N–H and O–H groups in total. The number of halogens is 2. The molecule has 0 fully saturated rings. The van der Waals surface area contributed by atoms with Crippen molar-refractivity contribution in [2.75, 3.05) is 5.73 Å². The molecule has 0 bridgehead atoms. The number of nitrogens with two attached hydrogens (primary N) is 1. The predicted octanol–water partition coefficient (Wildman–Crippen LogP) is 1.95. The molecule has 0 aliphatic carbocycles. The Kier molecular flexibility index (Phi) is 3.23. The molecule has 0 saturated carbocycles. The van der Waals surface area contributed by atoms with E-state index in [0.29, 0.717) is 21.9 Å². The van der Waals surface area contributed by atoms with Gasteiger partial charge >= 0.3 is 0 Å². The predicted molar refractivity (Wildman–Crippen MR) is 78.7 cm³/mol. The largest absolute Gasteiger partial charge is 0.381 e. The van der Waals surface area contributed by atoms with Crippen LogP contribution in [0.3, 0.4) is 0 Å². The van der Waals surface area contributed by atoms with Crippen LogP contribution in [-0.2, 0) is 9.05 Å². The molecule has 3 rings (SSSR count). The second-order valence-corrected chi connectivity index (χ2v) is 7.08. The van der Waals surface area contributed by atoms with Crippen LogP contribution in [0.2, 0.25) is 5.02 Å². The van der Waals surface area contributed by atoms with Gasteiger partial charge in [-0.2, -0.15) is 5.10 Å². The van der Waals surface area contributed by atoms with Crippen LogP contribution in [0.25, 0.3) is 16.9 Å². The summed E-state index contributed by atoms with van der Waals surface area (Å²) in [6.07, 6.45) is 2.75. The third kappa shape index (κ3) is 2.41. The zero-order valence-corrected chi connectivity index (χ0v) is 12.6. The van der Waals surface area contributed by atoms with Gasteiger partial charge in [-0.3, -0.25) is 0 Å². The van der Waals surface area contributed by atoms with Crippen molar-refractivity contribution in [3.05, 3.63) is 35.7 Å². The lowest BCUT2D eigenvalue weighted by Crippen LogP contribution is -2.01. The molecule has 2 aromatic heterocycles. The Balaban J connectivity index is 2.30. The third-order valence-corrected chi connectivity index (χ3v) is 4.51. The van der Waals surface area contributed by atoms with E-state index < -0.39 is 9.05 Å². The Bertz CT molecular complexity index is 954. The van der Waals surface area contributed by atoms with E-state index in [4.69, 9.17) is 28.0 Å². The highest BCUT2D eigenvalue weighted by Gasteiger charge is 2.17.